The zero-order chi connectivity index (χ0) is 35.2. The molecule has 0 bridgehead atoms. The maximum Gasteiger partial charge on any atom is 0.522 e. The maximum absolute atomic E-state index is 10.7. The smallest absolute Gasteiger partial charge is 0.300 e. The van der Waals surface area contributed by atoms with Gasteiger partial charge in [0.1, 0.15) is 0 Å². The molecule has 2 unspecified atom stereocenters. The fraction of sp³-hybridized carbons (Fsp3) is 1.00. The van der Waals surface area contributed by atoms with E-state index in [-0.39, 0.29) is 0 Å². The van der Waals surface area contributed by atoms with Crippen LogP contribution in [0.3, 0.4) is 0 Å². The molecule has 0 aromatic carbocycles. The van der Waals surface area contributed by atoms with Crippen molar-refractivity contribution >= 4 is 20.2 Å². The Morgan fingerprint density at radius 1 is 0.578 bits per heavy atom. The van der Waals surface area contributed by atoms with E-state index in [0.717, 1.165) is 12.1 Å². The highest BCUT2D eigenvalue weighted by Gasteiger charge is 2.45. The van der Waals surface area contributed by atoms with Crippen LogP contribution in [0.5, 0.6) is 0 Å². The Balaban J connectivity index is 0. The summed E-state index contributed by atoms with van der Waals surface area (Å²) >= 11 is 0. The second kappa shape index (κ2) is 24.5. The summed E-state index contributed by atoms with van der Waals surface area (Å²) in [6, 6.07) is 1.85. The van der Waals surface area contributed by atoms with E-state index < -0.39 is 31.3 Å². The van der Waals surface area contributed by atoms with E-state index in [2.05, 4.69) is 37.5 Å². The minimum absolute atomic E-state index is 0.918. The number of unbranched alkanes of at least 4 members (excludes halogenated alkanes) is 8. The first-order valence-corrected chi connectivity index (χ1v) is 19.2. The van der Waals surface area contributed by atoms with Crippen molar-refractivity contribution in [1.29, 1.82) is 0 Å². The van der Waals surface area contributed by atoms with Crippen LogP contribution in [0.4, 0.5) is 26.3 Å². The fourth-order valence-corrected chi connectivity index (χ4v) is 5.34. The zero-order valence-electron chi connectivity index (χ0n) is 27.5. The Hall–Kier alpha value is -0.680. The summed E-state index contributed by atoms with van der Waals surface area (Å²) in [6.45, 7) is 14.7. The van der Waals surface area contributed by atoms with Gasteiger partial charge in [0.15, 0.2) is 0 Å². The Bertz CT molecular complexity index is 893. The molecule has 2 heterocycles. The van der Waals surface area contributed by atoms with Crippen LogP contribution in [0.15, 0.2) is 0 Å². The van der Waals surface area contributed by atoms with E-state index in [4.69, 9.17) is 25.9 Å². The Morgan fingerprint density at radius 2 is 0.911 bits per heavy atom. The first-order valence-electron chi connectivity index (χ1n) is 16.3. The van der Waals surface area contributed by atoms with Gasteiger partial charge in [0, 0.05) is 12.1 Å². The third-order valence-corrected chi connectivity index (χ3v) is 8.94. The Labute approximate surface area is 268 Å². The first kappa shape index (κ1) is 46.4. The van der Waals surface area contributed by atoms with Gasteiger partial charge in [-0.15, -0.1) is 0 Å². The lowest BCUT2D eigenvalue weighted by atomic mass is 10.1. The molecule has 0 amide bonds. The summed E-state index contributed by atoms with van der Waals surface area (Å²) in [7, 11) is -11.7. The number of likely N-dealkylation sites (tertiary alicyclic amines) is 2. The number of hydrogen-bond acceptors (Lipinski definition) is 6. The van der Waals surface area contributed by atoms with Crippen molar-refractivity contribution in [2.75, 3.05) is 26.2 Å². The minimum atomic E-state index is -5.84. The quantitative estimate of drug-likeness (QED) is 0.0751. The summed E-state index contributed by atoms with van der Waals surface area (Å²) in [6.07, 6.45) is 24.2. The lowest BCUT2D eigenvalue weighted by Crippen LogP contribution is -2.30. The fourth-order valence-electron chi connectivity index (χ4n) is 5.34. The molecular formula is C29H58F6N2O6S2. The summed E-state index contributed by atoms with van der Waals surface area (Å²) < 4.78 is 115. The molecule has 45 heavy (non-hydrogen) atoms. The molecule has 2 fully saturated rings. The summed E-state index contributed by atoms with van der Waals surface area (Å²) in [5, 5.41) is 0. The number of alkyl halides is 6. The summed E-state index contributed by atoms with van der Waals surface area (Å²) in [5.74, 6) is 0. The third kappa shape index (κ3) is 23.3. The van der Waals surface area contributed by atoms with Crippen molar-refractivity contribution in [3.8, 4) is 0 Å². The molecule has 8 nitrogen and oxygen atoms in total. The van der Waals surface area contributed by atoms with E-state index in [9.17, 15) is 26.3 Å². The maximum atomic E-state index is 10.7. The Kier molecular flexibility index (Phi) is 25.2. The molecule has 0 aromatic rings. The minimum Gasteiger partial charge on any atom is -0.300 e. The van der Waals surface area contributed by atoms with Crippen molar-refractivity contribution in [2.45, 2.75) is 160 Å². The number of nitrogens with zero attached hydrogens (tertiary/aromatic N) is 2. The van der Waals surface area contributed by atoms with Crippen molar-refractivity contribution in [3.05, 3.63) is 0 Å². The molecule has 2 rings (SSSR count). The molecule has 0 radical (unpaired) electrons. The van der Waals surface area contributed by atoms with Crippen LogP contribution in [-0.4, -0.2) is 85.0 Å². The van der Waals surface area contributed by atoms with Gasteiger partial charge in [0.05, 0.1) is 0 Å². The highest BCUT2D eigenvalue weighted by Crippen LogP contribution is 2.23. The van der Waals surface area contributed by atoms with E-state index in [0.29, 0.717) is 0 Å². The van der Waals surface area contributed by atoms with Gasteiger partial charge in [-0.05, 0) is 77.5 Å². The average molecular weight is 709 g/mol. The molecule has 2 N–H and O–H groups in total. The molecule has 0 aliphatic carbocycles. The molecule has 2 atom stereocenters. The van der Waals surface area contributed by atoms with Gasteiger partial charge < -0.3 is 9.80 Å². The molecule has 2 aliphatic heterocycles. The summed E-state index contributed by atoms with van der Waals surface area (Å²) in [4.78, 5) is 5.46. The van der Waals surface area contributed by atoms with Gasteiger partial charge >= 0.3 is 31.3 Å². The molecule has 0 spiro atoms. The first-order chi connectivity index (χ1) is 20.8. The largest absolute Gasteiger partial charge is 0.522 e. The van der Waals surface area contributed by atoms with Crippen molar-refractivity contribution < 1.29 is 52.3 Å². The highest BCUT2D eigenvalue weighted by molar-refractivity contribution is 7.86. The van der Waals surface area contributed by atoms with Crippen LogP contribution in [0, 0.1) is 0 Å². The molecule has 0 aromatic heterocycles. The topological polar surface area (TPSA) is 115 Å². The molecule has 274 valence electrons. The lowest BCUT2D eigenvalue weighted by Gasteiger charge is -2.23. The molecule has 2 saturated heterocycles. The van der Waals surface area contributed by atoms with Crippen LogP contribution in [0.2, 0.25) is 0 Å². The normalized spacial score (nSPS) is 19.6. The van der Waals surface area contributed by atoms with E-state index in [1.165, 1.54) is 135 Å². The van der Waals surface area contributed by atoms with Crippen LogP contribution in [-0.2, 0) is 20.2 Å². The zero-order valence-corrected chi connectivity index (χ0v) is 29.1. The van der Waals surface area contributed by atoms with Crippen molar-refractivity contribution in [3.63, 3.8) is 0 Å². The monoisotopic (exact) mass is 708 g/mol. The molecule has 0 saturated carbocycles. The van der Waals surface area contributed by atoms with Gasteiger partial charge in [-0.25, -0.2) is 0 Å². The lowest BCUT2D eigenvalue weighted by molar-refractivity contribution is -0.0514. The third-order valence-electron chi connectivity index (χ3n) is 7.77. The Morgan fingerprint density at radius 3 is 1.22 bits per heavy atom. The van der Waals surface area contributed by atoms with Crippen molar-refractivity contribution in [2.24, 2.45) is 0 Å². The number of hydrogen-bond donors (Lipinski definition) is 2. The van der Waals surface area contributed by atoms with Gasteiger partial charge in [0.25, 0.3) is 0 Å². The van der Waals surface area contributed by atoms with E-state index >= 15 is 0 Å². The van der Waals surface area contributed by atoms with Gasteiger partial charge in [-0.3, -0.25) is 9.11 Å². The van der Waals surface area contributed by atoms with Crippen LogP contribution in [0.25, 0.3) is 0 Å². The predicted octanol–water partition coefficient (Wildman–Crippen LogP) is 8.84. The van der Waals surface area contributed by atoms with Crippen LogP contribution < -0.4 is 0 Å². The molecule has 16 heteroatoms. The van der Waals surface area contributed by atoms with Gasteiger partial charge in [-0.1, -0.05) is 85.5 Å². The summed E-state index contributed by atoms with van der Waals surface area (Å²) in [5.41, 5.74) is -11.1. The second-order valence-corrected chi connectivity index (χ2v) is 14.4. The predicted molar refractivity (Wildman–Crippen MR) is 167 cm³/mol. The SMILES string of the molecule is CCCCCCCN1CCCC1CC.CCCCCCCN1CCCC1CCC.O=S(=O)(O)C(F)(F)F.O=S(=O)(O)C(F)(F)F. The standard InChI is InChI=1S/C14H29N.C13H27N.2CHF3O3S/c1-3-5-6-7-8-12-15-13-9-11-14(15)10-4-2;1-3-5-6-7-8-11-14-12-9-10-13(14)4-2;2*2-1(3,4)8(5,6)7/h14H,3-13H2,1-2H3;13H,3-12H2,1-2H3;2*(H,5,6,7). The van der Waals surface area contributed by atoms with Crippen molar-refractivity contribution in [1.82, 2.24) is 9.80 Å². The highest BCUT2D eigenvalue weighted by atomic mass is 32.2. The number of rotatable bonds is 15. The molecular weight excluding hydrogens is 650 g/mol. The average Bonchev–Trinajstić information content (AvgIpc) is 3.56. The molecule has 2 aliphatic rings. The van der Waals surface area contributed by atoms with Gasteiger partial charge in [0.2, 0.25) is 0 Å². The van der Waals surface area contributed by atoms with E-state index in [1.54, 1.807) is 0 Å². The van der Waals surface area contributed by atoms with Gasteiger partial charge in [-0.2, -0.15) is 43.2 Å². The van der Waals surface area contributed by atoms with Crippen LogP contribution in [0.1, 0.15) is 137 Å². The van der Waals surface area contributed by atoms with Crippen LogP contribution >= 0.6 is 0 Å². The number of halogens is 6. The second-order valence-electron chi connectivity index (χ2n) is 11.5. The van der Waals surface area contributed by atoms with E-state index in [1.807, 2.05) is 0 Å².